The SMILES string of the molecule is CN(C)c1ccc(C[NH+]2CCCC2)cc1. The Morgan fingerprint density at radius 1 is 1.07 bits per heavy atom. The van der Waals surface area contributed by atoms with Crippen molar-refractivity contribution in [2.45, 2.75) is 19.4 Å². The number of rotatable bonds is 3. The van der Waals surface area contributed by atoms with Gasteiger partial charge in [0.25, 0.3) is 0 Å². The average molecular weight is 205 g/mol. The number of anilines is 1. The van der Waals surface area contributed by atoms with Crippen LogP contribution in [-0.2, 0) is 6.54 Å². The van der Waals surface area contributed by atoms with Crippen LogP contribution in [0.1, 0.15) is 18.4 Å². The molecule has 0 radical (unpaired) electrons. The summed E-state index contributed by atoms with van der Waals surface area (Å²) in [6.07, 6.45) is 2.82. The molecule has 1 aromatic carbocycles. The maximum absolute atomic E-state index is 2.26. The van der Waals surface area contributed by atoms with E-state index >= 15 is 0 Å². The molecule has 1 aromatic rings. The van der Waals surface area contributed by atoms with E-state index in [-0.39, 0.29) is 0 Å². The highest BCUT2D eigenvalue weighted by atomic mass is 15.1. The third-order valence-electron chi connectivity index (χ3n) is 3.22. The van der Waals surface area contributed by atoms with Gasteiger partial charge in [-0.25, -0.2) is 0 Å². The number of hydrogen-bond donors (Lipinski definition) is 1. The van der Waals surface area contributed by atoms with E-state index in [4.69, 9.17) is 0 Å². The lowest BCUT2D eigenvalue weighted by Gasteiger charge is -2.15. The first-order chi connectivity index (χ1) is 7.25. The van der Waals surface area contributed by atoms with Gasteiger partial charge in [0.15, 0.2) is 0 Å². The van der Waals surface area contributed by atoms with Crippen LogP contribution in [0.15, 0.2) is 24.3 Å². The van der Waals surface area contributed by atoms with Crippen LogP contribution in [0.3, 0.4) is 0 Å². The van der Waals surface area contributed by atoms with E-state index in [0.717, 1.165) is 0 Å². The molecule has 1 fully saturated rings. The number of quaternary nitrogens is 1. The summed E-state index contributed by atoms with van der Waals surface area (Å²) >= 11 is 0. The fraction of sp³-hybridized carbons (Fsp3) is 0.538. The van der Waals surface area contributed by atoms with Crippen molar-refractivity contribution in [2.75, 3.05) is 32.1 Å². The Morgan fingerprint density at radius 2 is 1.67 bits per heavy atom. The predicted octanol–water partition coefficient (Wildman–Crippen LogP) is 0.931. The number of nitrogens with zero attached hydrogens (tertiary/aromatic N) is 1. The van der Waals surface area contributed by atoms with Gasteiger partial charge in [-0.2, -0.15) is 0 Å². The van der Waals surface area contributed by atoms with Crippen molar-refractivity contribution >= 4 is 5.69 Å². The Labute approximate surface area is 92.5 Å². The summed E-state index contributed by atoms with van der Waals surface area (Å²) in [5.41, 5.74) is 2.76. The normalized spacial score (nSPS) is 16.9. The topological polar surface area (TPSA) is 7.68 Å². The van der Waals surface area contributed by atoms with Gasteiger partial charge >= 0.3 is 0 Å². The summed E-state index contributed by atoms with van der Waals surface area (Å²) in [4.78, 5) is 3.89. The molecule has 0 atom stereocenters. The first-order valence-corrected chi connectivity index (χ1v) is 5.85. The number of benzene rings is 1. The molecule has 1 heterocycles. The quantitative estimate of drug-likeness (QED) is 0.771. The third-order valence-corrected chi connectivity index (χ3v) is 3.22. The molecule has 82 valence electrons. The molecule has 0 aliphatic carbocycles. The minimum Gasteiger partial charge on any atom is -0.378 e. The minimum atomic E-state index is 1.20. The predicted molar refractivity (Wildman–Crippen MR) is 64.4 cm³/mol. The van der Waals surface area contributed by atoms with Crippen LogP contribution < -0.4 is 9.80 Å². The van der Waals surface area contributed by atoms with Crippen molar-refractivity contribution < 1.29 is 4.90 Å². The number of nitrogens with one attached hydrogen (secondary N) is 1. The Bertz CT molecular complexity index is 297. The third kappa shape index (κ3) is 2.72. The van der Waals surface area contributed by atoms with Crippen LogP contribution in [-0.4, -0.2) is 27.2 Å². The van der Waals surface area contributed by atoms with Crippen LogP contribution in [0.5, 0.6) is 0 Å². The minimum absolute atomic E-state index is 1.20. The summed E-state index contributed by atoms with van der Waals surface area (Å²) in [6.45, 7) is 3.92. The van der Waals surface area contributed by atoms with Crippen molar-refractivity contribution in [1.29, 1.82) is 0 Å². The molecule has 2 nitrogen and oxygen atoms in total. The van der Waals surface area contributed by atoms with Gasteiger partial charge in [-0.3, -0.25) is 0 Å². The van der Waals surface area contributed by atoms with Gasteiger partial charge in [0.1, 0.15) is 6.54 Å². The van der Waals surface area contributed by atoms with E-state index in [0.29, 0.717) is 0 Å². The van der Waals surface area contributed by atoms with Gasteiger partial charge in [0.05, 0.1) is 13.1 Å². The largest absolute Gasteiger partial charge is 0.378 e. The van der Waals surface area contributed by atoms with E-state index in [1.807, 2.05) is 0 Å². The van der Waals surface area contributed by atoms with Crippen LogP contribution in [0.25, 0.3) is 0 Å². The van der Waals surface area contributed by atoms with Crippen LogP contribution in [0.2, 0.25) is 0 Å². The van der Waals surface area contributed by atoms with Gasteiger partial charge in [-0.15, -0.1) is 0 Å². The summed E-state index contributed by atoms with van der Waals surface area (Å²) in [5, 5.41) is 0. The first-order valence-electron chi connectivity index (χ1n) is 5.85. The molecule has 0 amide bonds. The molecule has 0 spiro atoms. The van der Waals surface area contributed by atoms with E-state index in [2.05, 4.69) is 43.3 Å². The second-order valence-corrected chi connectivity index (χ2v) is 4.69. The highest BCUT2D eigenvalue weighted by molar-refractivity contribution is 5.45. The van der Waals surface area contributed by atoms with E-state index in [1.54, 1.807) is 4.90 Å². The van der Waals surface area contributed by atoms with Crippen LogP contribution >= 0.6 is 0 Å². The van der Waals surface area contributed by atoms with Gasteiger partial charge in [-0.1, -0.05) is 12.1 Å². The first kappa shape index (κ1) is 10.5. The molecule has 2 rings (SSSR count). The van der Waals surface area contributed by atoms with Crippen molar-refractivity contribution in [2.24, 2.45) is 0 Å². The summed E-state index contributed by atoms with van der Waals surface area (Å²) in [7, 11) is 4.17. The van der Waals surface area contributed by atoms with Gasteiger partial charge in [0.2, 0.25) is 0 Å². The van der Waals surface area contributed by atoms with Crippen molar-refractivity contribution in [3.8, 4) is 0 Å². The molecule has 15 heavy (non-hydrogen) atoms. The van der Waals surface area contributed by atoms with Gasteiger partial charge < -0.3 is 9.80 Å². The maximum atomic E-state index is 2.26. The average Bonchev–Trinajstić information content (AvgIpc) is 2.71. The molecular formula is C13H21N2+. The van der Waals surface area contributed by atoms with E-state index in [9.17, 15) is 0 Å². The molecule has 2 heteroatoms. The fourth-order valence-corrected chi connectivity index (χ4v) is 2.25. The molecule has 1 aliphatic heterocycles. The number of likely N-dealkylation sites (tertiary alicyclic amines) is 1. The van der Waals surface area contributed by atoms with E-state index < -0.39 is 0 Å². The van der Waals surface area contributed by atoms with Gasteiger partial charge in [-0.05, 0) is 12.1 Å². The molecule has 1 saturated heterocycles. The van der Waals surface area contributed by atoms with Gasteiger partial charge in [0, 0.05) is 38.2 Å². The molecule has 0 bridgehead atoms. The monoisotopic (exact) mass is 205 g/mol. The van der Waals surface area contributed by atoms with Crippen LogP contribution in [0, 0.1) is 0 Å². The lowest BCUT2D eigenvalue weighted by molar-refractivity contribution is -0.901. The second kappa shape index (κ2) is 4.67. The lowest BCUT2D eigenvalue weighted by atomic mass is 10.2. The zero-order valence-corrected chi connectivity index (χ0v) is 9.79. The van der Waals surface area contributed by atoms with Crippen LogP contribution in [0.4, 0.5) is 5.69 Å². The fourth-order valence-electron chi connectivity index (χ4n) is 2.25. The highest BCUT2D eigenvalue weighted by Crippen LogP contribution is 2.11. The van der Waals surface area contributed by atoms with Crippen molar-refractivity contribution in [3.63, 3.8) is 0 Å². The Balaban J connectivity index is 1.97. The summed E-state index contributed by atoms with van der Waals surface area (Å²) in [5.74, 6) is 0. The zero-order valence-electron chi connectivity index (χ0n) is 9.79. The molecular weight excluding hydrogens is 184 g/mol. The summed E-state index contributed by atoms with van der Waals surface area (Å²) < 4.78 is 0. The molecule has 0 unspecified atom stereocenters. The maximum Gasteiger partial charge on any atom is 0.103 e. The molecule has 0 aromatic heterocycles. The lowest BCUT2D eigenvalue weighted by Crippen LogP contribution is -3.08. The number of hydrogen-bond acceptors (Lipinski definition) is 1. The molecule has 0 saturated carbocycles. The van der Waals surface area contributed by atoms with E-state index in [1.165, 1.54) is 43.7 Å². The second-order valence-electron chi connectivity index (χ2n) is 4.69. The van der Waals surface area contributed by atoms with Crippen molar-refractivity contribution in [1.82, 2.24) is 0 Å². The molecule has 1 aliphatic rings. The van der Waals surface area contributed by atoms with Crippen molar-refractivity contribution in [3.05, 3.63) is 29.8 Å². The summed E-state index contributed by atoms with van der Waals surface area (Å²) in [6, 6.07) is 8.96. The smallest absolute Gasteiger partial charge is 0.103 e. The Morgan fingerprint density at radius 3 is 2.20 bits per heavy atom. The Hall–Kier alpha value is -1.02. The Kier molecular flexibility index (Phi) is 3.27. The zero-order chi connectivity index (χ0) is 10.7. The standard InChI is InChI=1S/C13H20N2/c1-14(2)13-7-5-12(6-8-13)11-15-9-3-4-10-15/h5-8H,3-4,9-11H2,1-2H3/p+1. The molecule has 1 N–H and O–H groups in total. The highest BCUT2D eigenvalue weighted by Gasteiger charge is 2.15.